The molecule has 3 nitrogen and oxygen atoms in total. The van der Waals surface area contributed by atoms with E-state index in [0.717, 1.165) is 13.0 Å². The molecule has 0 atom stereocenters. The zero-order valence-electron chi connectivity index (χ0n) is 8.46. The monoisotopic (exact) mass is 192 g/mol. The molecule has 0 N–H and O–H groups in total. The Balaban J connectivity index is 1.79. The van der Waals surface area contributed by atoms with Gasteiger partial charge in [0.1, 0.15) is 5.78 Å². The van der Waals surface area contributed by atoms with Gasteiger partial charge in [-0.3, -0.25) is 4.79 Å². The summed E-state index contributed by atoms with van der Waals surface area (Å²) in [5.41, 5.74) is -0.292. The largest absolute Gasteiger partial charge is 0.303 e. The molecule has 0 aromatic carbocycles. The van der Waals surface area contributed by atoms with E-state index in [1.165, 1.54) is 25.9 Å². The number of hydrogen-bond acceptors (Lipinski definition) is 3. The maximum Gasteiger partial charge on any atom is 0.136 e. The number of carbonyl (C=O) groups excluding carboxylic acids is 1. The average Bonchev–Trinajstić information content (AvgIpc) is 2.63. The smallest absolute Gasteiger partial charge is 0.136 e. The van der Waals surface area contributed by atoms with Crippen LogP contribution in [0.25, 0.3) is 0 Å². The summed E-state index contributed by atoms with van der Waals surface area (Å²) in [6.07, 6.45) is 4.46. The van der Waals surface area contributed by atoms with E-state index in [-0.39, 0.29) is 11.2 Å². The lowest BCUT2D eigenvalue weighted by Crippen LogP contribution is -2.39. The van der Waals surface area contributed by atoms with Gasteiger partial charge >= 0.3 is 0 Å². The Morgan fingerprint density at radius 2 is 2.00 bits per heavy atom. The van der Waals surface area contributed by atoms with Gasteiger partial charge in [0.2, 0.25) is 0 Å². The first-order valence-corrected chi connectivity index (χ1v) is 5.39. The van der Waals surface area contributed by atoms with E-state index in [1.54, 1.807) is 0 Å². The van der Waals surface area contributed by atoms with Crippen LogP contribution in [0.4, 0.5) is 0 Å². The van der Waals surface area contributed by atoms with Crippen LogP contribution in [0.5, 0.6) is 0 Å². The zero-order chi connectivity index (χ0) is 10.0. The molecular formula is C11H16N2O. The van der Waals surface area contributed by atoms with Gasteiger partial charge in [0.15, 0.2) is 0 Å². The summed E-state index contributed by atoms with van der Waals surface area (Å²) in [7, 11) is 0. The van der Waals surface area contributed by atoms with Crippen LogP contribution in [-0.2, 0) is 4.79 Å². The Hall–Kier alpha value is -0.880. The van der Waals surface area contributed by atoms with Crippen LogP contribution in [0.2, 0.25) is 0 Å². The van der Waals surface area contributed by atoms with Crippen molar-refractivity contribution in [2.24, 2.45) is 5.41 Å². The van der Waals surface area contributed by atoms with Crippen molar-refractivity contribution in [3.8, 4) is 6.07 Å². The molecule has 0 spiro atoms. The van der Waals surface area contributed by atoms with Gasteiger partial charge in [0, 0.05) is 12.8 Å². The molecule has 1 saturated carbocycles. The fourth-order valence-electron chi connectivity index (χ4n) is 2.39. The quantitative estimate of drug-likeness (QED) is 0.678. The number of nitrogens with zero attached hydrogens (tertiary/aromatic N) is 2. The van der Waals surface area contributed by atoms with E-state index < -0.39 is 0 Å². The predicted molar refractivity (Wildman–Crippen MR) is 52.6 cm³/mol. The second kappa shape index (κ2) is 3.70. The van der Waals surface area contributed by atoms with Crippen molar-refractivity contribution < 1.29 is 4.79 Å². The van der Waals surface area contributed by atoms with Crippen LogP contribution in [0.1, 0.15) is 32.1 Å². The third-order valence-electron chi connectivity index (χ3n) is 3.41. The van der Waals surface area contributed by atoms with Gasteiger partial charge < -0.3 is 4.90 Å². The molecule has 1 aliphatic heterocycles. The van der Waals surface area contributed by atoms with Gasteiger partial charge in [-0.2, -0.15) is 5.26 Å². The number of rotatable bonds is 3. The summed E-state index contributed by atoms with van der Waals surface area (Å²) in [5.74, 6) is 0.257. The molecule has 2 fully saturated rings. The summed E-state index contributed by atoms with van der Waals surface area (Å²) in [5, 5.41) is 9.01. The first kappa shape index (κ1) is 9.67. The molecule has 1 heterocycles. The Morgan fingerprint density at radius 3 is 2.50 bits per heavy atom. The summed E-state index contributed by atoms with van der Waals surface area (Å²) in [6, 6.07) is 2.32. The van der Waals surface area contributed by atoms with Crippen LogP contribution >= 0.6 is 0 Å². The minimum atomic E-state index is -0.292. The van der Waals surface area contributed by atoms with Gasteiger partial charge in [0.05, 0.1) is 11.5 Å². The second-order valence-electron chi connectivity index (χ2n) is 4.58. The molecule has 0 radical (unpaired) electrons. The van der Waals surface area contributed by atoms with Crippen LogP contribution in [0.15, 0.2) is 0 Å². The maximum absolute atomic E-state index is 10.9. The Bertz CT molecular complexity index is 266. The molecule has 76 valence electrons. The molecule has 3 heteroatoms. The Kier molecular flexibility index (Phi) is 2.56. The third-order valence-corrected chi connectivity index (χ3v) is 3.41. The molecule has 0 unspecified atom stereocenters. The molecule has 1 aliphatic carbocycles. The molecule has 0 aromatic rings. The van der Waals surface area contributed by atoms with Crippen molar-refractivity contribution in [1.82, 2.24) is 4.90 Å². The van der Waals surface area contributed by atoms with Crippen molar-refractivity contribution in [3.05, 3.63) is 0 Å². The van der Waals surface area contributed by atoms with Gasteiger partial charge in [-0.05, 0) is 38.9 Å². The van der Waals surface area contributed by atoms with Crippen molar-refractivity contribution in [1.29, 1.82) is 5.26 Å². The summed E-state index contributed by atoms with van der Waals surface area (Å²) in [4.78, 5) is 13.3. The molecule has 2 rings (SSSR count). The summed E-state index contributed by atoms with van der Waals surface area (Å²) < 4.78 is 0. The first-order valence-electron chi connectivity index (χ1n) is 5.39. The highest BCUT2D eigenvalue weighted by Crippen LogP contribution is 2.40. The van der Waals surface area contributed by atoms with E-state index in [9.17, 15) is 4.79 Å². The van der Waals surface area contributed by atoms with Crippen LogP contribution < -0.4 is 0 Å². The fraction of sp³-hybridized carbons (Fsp3) is 0.818. The SMILES string of the molecule is N#CC1(CCN2CCCC2)CC(=O)C1. The highest BCUT2D eigenvalue weighted by Gasteiger charge is 2.43. The van der Waals surface area contributed by atoms with E-state index in [4.69, 9.17) is 5.26 Å². The van der Waals surface area contributed by atoms with Gasteiger partial charge in [0.25, 0.3) is 0 Å². The van der Waals surface area contributed by atoms with Crippen molar-refractivity contribution in [2.75, 3.05) is 19.6 Å². The first-order chi connectivity index (χ1) is 6.74. The minimum Gasteiger partial charge on any atom is -0.303 e. The lowest BCUT2D eigenvalue weighted by Gasteiger charge is -2.34. The molecule has 2 aliphatic rings. The van der Waals surface area contributed by atoms with Crippen molar-refractivity contribution >= 4 is 5.78 Å². The minimum absolute atomic E-state index is 0.257. The topological polar surface area (TPSA) is 44.1 Å². The lowest BCUT2D eigenvalue weighted by atomic mass is 9.67. The van der Waals surface area contributed by atoms with Crippen LogP contribution in [0, 0.1) is 16.7 Å². The molecule has 1 saturated heterocycles. The third kappa shape index (κ3) is 1.80. The van der Waals surface area contributed by atoms with Gasteiger partial charge in [-0.15, -0.1) is 0 Å². The fourth-order valence-corrected chi connectivity index (χ4v) is 2.39. The van der Waals surface area contributed by atoms with Crippen LogP contribution in [-0.4, -0.2) is 30.3 Å². The number of hydrogen-bond donors (Lipinski definition) is 0. The molecule has 0 amide bonds. The van der Waals surface area contributed by atoms with Crippen molar-refractivity contribution in [2.45, 2.75) is 32.1 Å². The van der Waals surface area contributed by atoms with Crippen molar-refractivity contribution in [3.63, 3.8) is 0 Å². The molecule has 14 heavy (non-hydrogen) atoms. The number of carbonyl (C=O) groups is 1. The van der Waals surface area contributed by atoms with E-state index in [1.807, 2.05) is 0 Å². The summed E-state index contributed by atoms with van der Waals surface area (Å²) >= 11 is 0. The molecule has 0 aromatic heterocycles. The highest BCUT2D eigenvalue weighted by molar-refractivity contribution is 5.87. The molecular weight excluding hydrogens is 176 g/mol. The van der Waals surface area contributed by atoms with E-state index in [0.29, 0.717) is 12.8 Å². The maximum atomic E-state index is 10.9. The average molecular weight is 192 g/mol. The van der Waals surface area contributed by atoms with Gasteiger partial charge in [-0.25, -0.2) is 0 Å². The standard InChI is InChI=1S/C11H16N2O/c12-9-11(7-10(14)8-11)3-6-13-4-1-2-5-13/h1-8H2. The number of Topliss-reactive ketones (excluding diaryl/α,β-unsaturated/α-hetero) is 1. The number of nitriles is 1. The zero-order valence-corrected chi connectivity index (χ0v) is 8.46. The number of likely N-dealkylation sites (tertiary alicyclic amines) is 1. The lowest BCUT2D eigenvalue weighted by molar-refractivity contribution is -0.130. The van der Waals surface area contributed by atoms with E-state index >= 15 is 0 Å². The number of ketones is 1. The van der Waals surface area contributed by atoms with E-state index in [2.05, 4.69) is 11.0 Å². The molecule has 0 bridgehead atoms. The predicted octanol–water partition coefficient (Wildman–Crippen LogP) is 1.35. The highest BCUT2D eigenvalue weighted by atomic mass is 16.1. The Morgan fingerprint density at radius 1 is 1.36 bits per heavy atom. The Labute approximate surface area is 84.7 Å². The normalized spacial score (nSPS) is 25.8. The second-order valence-corrected chi connectivity index (χ2v) is 4.58. The van der Waals surface area contributed by atoms with Gasteiger partial charge in [-0.1, -0.05) is 0 Å². The summed E-state index contributed by atoms with van der Waals surface area (Å²) in [6.45, 7) is 3.35. The van der Waals surface area contributed by atoms with Crippen LogP contribution in [0.3, 0.4) is 0 Å².